The Morgan fingerprint density at radius 2 is 0.914 bits per heavy atom. The molecule has 0 radical (unpaired) electrons. The van der Waals surface area contributed by atoms with E-state index in [0.717, 1.165) is 22.3 Å². The fraction of sp³-hybridized carbons (Fsp3) is 0.121. The Morgan fingerprint density at radius 1 is 0.571 bits per heavy atom. The average Bonchev–Trinajstić information content (AvgIpc) is 3.25. The lowest BCUT2D eigenvalue weighted by Crippen LogP contribution is -2.13. The second-order valence-corrected chi connectivity index (χ2v) is 8.60. The summed E-state index contributed by atoms with van der Waals surface area (Å²) in [5, 5.41) is 0. The lowest BCUT2D eigenvalue weighted by atomic mass is 9.83. The van der Waals surface area contributed by atoms with Gasteiger partial charge in [-0.15, -0.1) is 0 Å². The number of carbonyl (C=O) groups excluding carboxylic acids is 1. The number of ether oxygens (including phenoxy) is 1. The molecule has 0 saturated heterocycles. The minimum atomic E-state index is -0.180. The Balaban J connectivity index is 1.86. The van der Waals surface area contributed by atoms with Gasteiger partial charge in [-0.1, -0.05) is 121 Å². The molecule has 35 heavy (non-hydrogen) atoms. The van der Waals surface area contributed by atoms with Crippen LogP contribution in [-0.4, -0.2) is 12.6 Å². The van der Waals surface area contributed by atoms with E-state index in [1.807, 2.05) is 31.2 Å². The third-order valence-electron chi connectivity index (χ3n) is 6.46. The molecule has 0 N–H and O–H groups in total. The molecule has 0 unspecified atom stereocenters. The molecular formula is C33H28O2. The Kier molecular flexibility index (Phi) is 6.72. The van der Waals surface area contributed by atoms with Crippen molar-refractivity contribution in [3.05, 3.63) is 144 Å². The van der Waals surface area contributed by atoms with Gasteiger partial charge >= 0.3 is 5.97 Å². The summed E-state index contributed by atoms with van der Waals surface area (Å²) >= 11 is 0. The topological polar surface area (TPSA) is 26.3 Å². The van der Waals surface area contributed by atoms with Gasteiger partial charge in [0.25, 0.3) is 0 Å². The van der Waals surface area contributed by atoms with Crippen molar-refractivity contribution in [2.75, 3.05) is 6.61 Å². The zero-order chi connectivity index (χ0) is 24.0. The highest BCUT2D eigenvalue weighted by Gasteiger charge is 2.37. The van der Waals surface area contributed by atoms with E-state index in [2.05, 4.69) is 97.1 Å². The summed E-state index contributed by atoms with van der Waals surface area (Å²) < 4.78 is 5.47. The molecule has 0 saturated carbocycles. The van der Waals surface area contributed by atoms with Gasteiger partial charge in [0.1, 0.15) is 0 Å². The summed E-state index contributed by atoms with van der Waals surface area (Å²) in [6.45, 7) is 2.23. The molecule has 0 aliphatic heterocycles. The van der Waals surface area contributed by atoms with E-state index in [1.165, 1.54) is 22.3 Å². The zero-order valence-corrected chi connectivity index (χ0v) is 19.9. The lowest BCUT2D eigenvalue weighted by molar-refractivity contribution is -0.143. The third kappa shape index (κ3) is 4.61. The first-order chi connectivity index (χ1) is 17.3. The van der Waals surface area contributed by atoms with Gasteiger partial charge in [-0.3, -0.25) is 4.79 Å². The highest BCUT2D eigenvalue weighted by atomic mass is 16.5. The van der Waals surface area contributed by atoms with Gasteiger partial charge in [0.05, 0.1) is 13.0 Å². The van der Waals surface area contributed by atoms with E-state index in [9.17, 15) is 4.79 Å². The van der Waals surface area contributed by atoms with Crippen LogP contribution in [0, 0.1) is 5.92 Å². The molecule has 0 aromatic heterocycles. The molecule has 0 heterocycles. The first-order valence-corrected chi connectivity index (χ1v) is 12.1. The van der Waals surface area contributed by atoms with E-state index in [1.54, 1.807) is 0 Å². The maximum absolute atomic E-state index is 13.0. The van der Waals surface area contributed by atoms with Crippen molar-refractivity contribution in [3.63, 3.8) is 0 Å². The first kappa shape index (κ1) is 22.6. The van der Waals surface area contributed by atoms with Crippen molar-refractivity contribution in [1.82, 2.24) is 0 Å². The molecule has 2 heteroatoms. The van der Waals surface area contributed by atoms with Gasteiger partial charge < -0.3 is 4.74 Å². The van der Waals surface area contributed by atoms with Crippen LogP contribution < -0.4 is 0 Å². The first-order valence-electron chi connectivity index (χ1n) is 12.1. The largest absolute Gasteiger partial charge is 0.466 e. The highest BCUT2D eigenvalue weighted by molar-refractivity contribution is 6.28. The Labute approximate surface area is 207 Å². The summed E-state index contributed by atoms with van der Waals surface area (Å²) in [5.74, 6) is -0.314. The third-order valence-corrected chi connectivity index (χ3v) is 6.46. The van der Waals surface area contributed by atoms with Gasteiger partial charge in [-0.25, -0.2) is 0 Å². The zero-order valence-electron chi connectivity index (χ0n) is 19.9. The fourth-order valence-electron chi connectivity index (χ4n) is 5.09. The SMILES string of the molecule is CCOC(=O)CC1C(c2ccccc2)=C(c2ccccc2)C(c2ccccc2)=C1c1ccccc1. The predicted octanol–water partition coefficient (Wildman–Crippen LogP) is 7.79. The molecular weight excluding hydrogens is 428 g/mol. The van der Waals surface area contributed by atoms with Gasteiger partial charge in [-0.2, -0.15) is 0 Å². The molecule has 4 aromatic carbocycles. The Morgan fingerprint density at radius 3 is 1.26 bits per heavy atom. The molecule has 5 rings (SSSR count). The second-order valence-electron chi connectivity index (χ2n) is 8.60. The molecule has 1 aliphatic rings. The van der Waals surface area contributed by atoms with E-state index in [4.69, 9.17) is 4.74 Å². The standard InChI is InChI=1S/C33H28O2/c1-2-35-29(34)23-28-30(24-15-7-3-8-16-24)32(26-19-11-5-12-20-26)33(27-21-13-6-14-22-27)31(28)25-17-9-4-10-18-25/h3-22,28H,2,23H2,1H3. The summed E-state index contributed by atoms with van der Waals surface area (Å²) in [5.41, 5.74) is 9.23. The molecule has 0 bridgehead atoms. The molecule has 172 valence electrons. The minimum absolute atomic E-state index is 0.135. The molecule has 0 fully saturated rings. The van der Waals surface area contributed by atoms with E-state index >= 15 is 0 Å². The summed E-state index contributed by atoms with van der Waals surface area (Å²) in [6, 6.07) is 42.0. The van der Waals surface area contributed by atoms with Crippen molar-refractivity contribution in [2.45, 2.75) is 13.3 Å². The Bertz CT molecular complexity index is 1250. The van der Waals surface area contributed by atoms with E-state index in [-0.39, 0.29) is 18.3 Å². The Hall–Kier alpha value is -4.17. The van der Waals surface area contributed by atoms with E-state index in [0.29, 0.717) is 6.61 Å². The van der Waals surface area contributed by atoms with Crippen LogP contribution >= 0.6 is 0 Å². The van der Waals surface area contributed by atoms with Gasteiger partial charge in [0, 0.05) is 5.92 Å². The molecule has 4 aromatic rings. The van der Waals surface area contributed by atoms with Crippen LogP contribution in [-0.2, 0) is 9.53 Å². The number of hydrogen-bond acceptors (Lipinski definition) is 2. The van der Waals surface area contributed by atoms with Crippen LogP contribution in [0.5, 0.6) is 0 Å². The summed E-state index contributed by atoms with van der Waals surface area (Å²) in [7, 11) is 0. The highest BCUT2D eigenvalue weighted by Crippen LogP contribution is 2.55. The van der Waals surface area contributed by atoms with Crippen LogP contribution in [0.4, 0.5) is 0 Å². The van der Waals surface area contributed by atoms with Crippen LogP contribution in [0.2, 0.25) is 0 Å². The minimum Gasteiger partial charge on any atom is -0.466 e. The number of carbonyl (C=O) groups is 1. The van der Waals surface area contributed by atoms with Gasteiger partial charge in [0.2, 0.25) is 0 Å². The van der Waals surface area contributed by atoms with Crippen LogP contribution in [0.1, 0.15) is 35.6 Å². The lowest BCUT2D eigenvalue weighted by Gasteiger charge is -2.20. The normalized spacial score (nSPS) is 13.9. The molecule has 0 amide bonds. The van der Waals surface area contributed by atoms with Crippen molar-refractivity contribution in [2.24, 2.45) is 5.92 Å². The monoisotopic (exact) mass is 456 g/mol. The number of esters is 1. The maximum Gasteiger partial charge on any atom is 0.306 e. The number of hydrogen-bond donors (Lipinski definition) is 0. The number of rotatable bonds is 7. The maximum atomic E-state index is 13.0. The van der Waals surface area contributed by atoms with Crippen molar-refractivity contribution >= 4 is 28.3 Å². The average molecular weight is 457 g/mol. The molecule has 0 spiro atoms. The van der Waals surface area contributed by atoms with Gasteiger partial charge in [-0.05, 0) is 51.5 Å². The fourth-order valence-corrected chi connectivity index (χ4v) is 5.09. The summed E-state index contributed by atoms with van der Waals surface area (Å²) in [6.07, 6.45) is 0.287. The molecule has 0 atom stereocenters. The smallest absolute Gasteiger partial charge is 0.306 e. The number of allylic oxidation sites excluding steroid dienone is 4. The van der Waals surface area contributed by atoms with Crippen molar-refractivity contribution in [3.8, 4) is 0 Å². The van der Waals surface area contributed by atoms with Gasteiger partial charge in [0.15, 0.2) is 0 Å². The van der Waals surface area contributed by atoms with Crippen LogP contribution in [0.3, 0.4) is 0 Å². The van der Waals surface area contributed by atoms with Crippen LogP contribution in [0.15, 0.2) is 121 Å². The number of benzene rings is 4. The molecule has 1 aliphatic carbocycles. The molecule has 2 nitrogen and oxygen atoms in total. The second kappa shape index (κ2) is 10.4. The quantitative estimate of drug-likeness (QED) is 0.265. The van der Waals surface area contributed by atoms with E-state index < -0.39 is 0 Å². The summed E-state index contributed by atoms with van der Waals surface area (Å²) in [4.78, 5) is 13.0. The van der Waals surface area contributed by atoms with Crippen molar-refractivity contribution in [1.29, 1.82) is 0 Å². The van der Waals surface area contributed by atoms with Crippen LogP contribution in [0.25, 0.3) is 22.3 Å². The van der Waals surface area contributed by atoms with Crippen molar-refractivity contribution < 1.29 is 9.53 Å². The predicted molar refractivity (Wildman–Crippen MR) is 144 cm³/mol.